The van der Waals surface area contributed by atoms with Crippen LogP contribution in [0.5, 0.6) is 11.5 Å². The Labute approximate surface area is 129 Å². The van der Waals surface area contributed by atoms with Crippen LogP contribution < -0.4 is 14.8 Å². The van der Waals surface area contributed by atoms with Gasteiger partial charge >= 0.3 is 0 Å². The minimum absolute atomic E-state index is 0.00516. The molecule has 0 aliphatic heterocycles. The predicted octanol–water partition coefficient (Wildman–Crippen LogP) is 3.50. The van der Waals surface area contributed by atoms with Crippen LogP contribution in [0.4, 0.5) is 0 Å². The van der Waals surface area contributed by atoms with Crippen molar-refractivity contribution in [1.29, 1.82) is 0 Å². The van der Waals surface area contributed by atoms with Crippen LogP contribution >= 0.6 is 11.6 Å². The Hall–Kier alpha value is -1.72. The van der Waals surface area contributed by atoms with Gasteiger partial charge in [-0.3, -0.25) is 0 Å². The second-order valence-electron chi connectivity index (χ2n) is 4.72. The third kappa shape index (κ3) is 3.68. The molecule has 0 saturated heterocycles. The highest BCUT2D eigenvalue weighted by atomic mass is 35.5. The van der Waals surface area contributed by atoms with Crippen molar-refractivity contribution in [3.63, 3.8) is 0 Å². The number of nitrogens with zero attached hydrogens (tertiary/aromatic N) is 1. The highest BCUT2D eigenvalue weighted by molar-refractivity contribution is 6.32. The Morgan fingerprint density at radius 1 is 1.33 bits per heavy atom. The molecule has 0 fully saturated rings. The van der Waals surface area contributed by atoms with Gasteiger partial charge in [-0.25, -0.2) is 4.98 Å². The lowest BCUT2D eigenvalue weighted by Crippen LogP contribution is -2.18. The first-order valence-electron chi connectivity index (χ1n) is 6.61. The Morgan fingerprint density at radius 3 is 2.67 bits per heavy atom. The van der Waals surface area contributed by atoms with Gasteiger partial charge in [0.1, 0.15) is 5.76 Å². The van der Waals surface area contributed by atoms with Crippen LogP contribution in [0.15, 0.2) is 22.7 Å². The molecular weight excluding hydrogens is 292 g/mol. The second kappa shape index (κ2) is 6.83. The molecule has 0 aliphatic rings. The summed E-state index contributed by atoms with van der Waals surface area (Å²) in [6.07, 6.45) is 1.71. The average molecular weight is 311 g/mol. The lowest BCUT2D eigenvalue weighted by atomic mass is 10.2. The van der Waals surface area contributed by atoms with Crippen LogP contribution in [-0.4, -0.2) is 19.2 Å². The lowest BCUT2D eigenvalue weighted by Gasteiger charge is -2.14. The summed E-state index contributed by atoms with van der Waals surface area (Å²) in [6.45, 7) is 4.48. The summed E-state index contributed by atoms with van der Waals surface area (Å²) in [7, 11) is 3.15. The van der Waals surface area contributed by atoms with Crippen molar-refractivity contribution in [3.05, 3.63) is 40.6 Å². The van der Waals surface area contributed by atoms with Gasteiger partial charge in [0.05, 0.1) is 31.5 Å². The maximum atomic E-state index is 6.19. The number of methoxy groups -OCH3 is 2. The zero-order valence-corrected chi connectivity index (χ0v) is 13.3. The molecule has 2 aromatic rings. The highest BCUT2D eigenvalue weighted by Gasteiger charge is 2.13. The Morgan fingerprint density at radius 2 is 2.10 bits per heavy atom. The maximum absolute atomic E-state index is 6.19. The number of hydrogen-bond donors (Lipinski definition) is 1. The summed E-state index contributed by atoms with van der Waals surface area (Å²) in [6, 6.07) is 3.75. The van der Waals surface area contributed by atoms with Gasteiger partial charge in [0.2, 0.25) is 5.89 Å². The number of rotatable bonds is 6. The number of oxazole rings is 1. The summed E-state index contributed by atoms with van der Waals surface area (Å²) in [5.41, 5.74) is 0.993. The fourth-order valence-electron chi connectivity index (χ4n) is 2.00. The summed E-state index contributed by atoms with van der Waals surface area (Å²) >= 11 is 6.19. The number of halogens is 1. The fraction of sp³-hybridized carbons (Fsp3) is 0.400. The van der Waals surface area contributed by atoms with E-state index in [0.717, 1.165) is 11.3 Å². The van der Waals surface area contributed by atoms with Gasteiger partial charge in [-0.05, 0) is 31.5 Å². The van der Waals surface area contributed by atoms with Crippen molar-refractivity contribution in [3.8, 4) is 11.5 Å². The van der Waals surface area contributed by atoms with E-state index >= 15 is 0 Å². The number of benzene rings is 1. The molecule has 0 radical (unpaired) electrons. The van der Waals surface area contributed by atoms with Crippen molar-refractivity contribution in [1.82, 2.24) is 10.3 Å². The molecule has 0 amide bonds. The van der Waals surface area contributed by atoms with Gasteiger partial charge < -0.3 is 19.2 Å². The molecule has 0 bridgehead atoms. The topological polar surface area (TPSA) is 56.5 Å². The quantitative estimate of drug-likeness (QED) is 0.885. The molecule has 0 aliphatic carbocycles. The SMILES string of the molecule is COc1cc(CNC(C)c2ncc(C)o2)cc(Cl)c1OC. The number of aromatic nitrogens is 1. The van der Waals surface area contributed by atoms with Gasteiger partial charge in [0, 0.05) is 6.54 Å². The largest absolute Gasteiger partial charge is 0.493 e. The first-order chi connectivity index (χ1) is 10.0. The van der Waals surface area contributed by atoms with Crippen molar-refractivity contribution in [2.24, 2.45) is 0 Å². The van der Waals surface area contributed by atoms with Gasteiger partial charge in [-0.15, -0.1) is 0 Å². The third-order valence-corrected chi connectivity index (χ3v) is 3.40. The van der Waals surface area contributed by atoms with E-state index in [2.05, 4.69) is 10.3 Å². The smallest absolute Gasteiger partial charge is 0.211 e. The van der Waals surface area contributed by atoms with E-state index in [0.29, 0.717) is 29.0 Å². The van der Waals surface area contributed by atoms with Gasteiger partial charge in [0.15, 0.2) is 11.5 Å². The van der Waals surface area contributed by atoms with Crippen molar-refractivity contribution < 1.29 is 13.9 Å². The van der Waals surface area contributed by atoms with Crippen molar-refractivity contribution in [2.45, 2.75) is 26.4 Å². The van der Waals surface area contributed by atoms with E-state index in [1.807, 2.05) is 26.0 Å². The molecular formula is C15H19ClN2O3. The third-order valence-electron chi connectivity index (χ3n) is 3.12. The molecule has 1 N–H and O–H groups in total. The zero-order valence-electron chi connectivity index (χ0n) is 12.6. The van der Waals surface area contributed by atoms with Crippen LogP contribution in [-0.2, 0) is 6.54 Å². The molecule has 21 heavy (non-hydrogen) atoms. The fourth-order valence-corrected chi connectivity index (χ4v) is 2.31. The summed E-state index contributed by atoms with van der Waals surface area (Å²) in [5, 5.41) is 3.85. The van der Waals surface area contributed by atoms with E-state index in [1.165, 1.54) is 0 Å². The Bertz CT molecular complexity index is 613. The monoisotopic (exact) mass is 310 g/mol. The minimum Gasteiger partial charge on any atom is -0.493 e. The molecule has 0 saturated carbocycles. The van der Waals surface area contributed by atoms with Gasteiger partial charge in [-0.2, -0.15) is 0 Å². The number of hydrogen-bond acceptors (Lipinski definition) is 5. The van der Waals surface area contributed by atoms with E-state index in [1.54, 1.807) is 20.4 Å². The predicted molar refractivity (Wildman–Crippen MR) is 81.1 cm³/mol. The molecule has 1 atom stereocenters. The standard InChI is InChI=1S/C15H19ClN2O3/c1-9-7-18-15(21-9)10(2)17-8-11-5-12(16)14(20-4)13(6-11)19-3/h5-7,10,17H,8H2,1-4H3. The van der Waals surface area contributed by atoms with E-state index in [-0.39, 0.29) is 6.04 Å². The van der Waals surface area contributed by atoms with Crippen LogP contribution in [0.3, 0.4) is 0 Å². The number of ether oxygens (including phenoxy) is 2. The average Bonchev–Trinajstić information content (AvgIpc) is 2.90. The zero-order chi connectivity index (χ0) is 15.4. The molecule has 2 rings (SSSR count). The number of aryl methyl sites for hydroxylation is 1. The Kier molecular flexibility index (Phi) is 5.09. The molecule has 1 aromatic carbocycles. The molecule has 1 aromatic heterocycles. The number of nitrogens with one attached hydrogen (secondary N) is 1. The first kappa shape index (κ1) is 15.7. The maximum Gasteiger partial charge on any atom is 0.211 e. The van der Waals surface area contributed by atoms with Crippen LogP contribution in [0.2, 0.25) is 5.02 Å². The molecule has 6 heteroatoms. The van der Waals surface area contributed by atoms with Crippen LogP contribution in [0.25, 0.3) is 0 Å². The molecule has 1 unspecified atom stereocenters. The van der Waals surface area contributed by atoms with Crippen molar-refractivity contribution in [2.75, 3.05) is 14.2 Å². The van der Waals surface area contributed by atoms with Crippen molar-refractivity contribution >= 4 is 11.6 Å². The van der Waals surface area contributed by atoms with Crippen LogP contribution in [0, 0.1) is 6.92 Å². The summed E-state index contributed by atoms with van der Waals surface area (Å²) in [4.78, 5) is 4.21. The van der Waals surface area contributed by atoms with E-state index < -0.39 is 0 Å². The van der Waals surface area contributed by atoms with Gasteiger partial charge in [-0.1, -0.05) is 11.6 Å². The second-order valence-corrected chi connectivity index (χ2v) is 5.13. The summed E-state index contributed by atoms with van der Waals surface area (Å²) < 4.78 is 16.0. The molecule has 5 nitrogen and oxygen atoms in total. The molecule has 114 valence electrons. The Balaban J connectivity index is 2.08. The summed E-state index contributed by atoms with van der Waals surface area (Å²) in [5.74, 6) is 2.62. The normalized spacial score (nSPS) is 12.2. The lowest BCUT2D eigenvalue weighted by molar-refractivity contribution is 0.354. The van der Waals surface area contributed by atoms with E-state index in [4.69, 9.17) is 25.5 Å². The highest BCUT2D eigenvalue weighted by Crippen LogP contribution is 2.36. The van der Waals surface area contributed by atoms with Crippen LogP contribution in [0.1, 0.15) is 30.2 Å². The molecule has 0 spiro atoms. The minimum atomic E-state index is 0.00516. The van der Waals surface area contributed by atoms with Gasteiger partial charge in [0.25, 0.3) is 0 Å². The first-order valence-corrected chi connectivity index (χ1v) is 6.99. The molecule has 1 heterocycles. The van der Waals surface area contributed by atoms with E-state index in [9.17, 15) is 0 Å².